The molecule has 35 heavy (non-hydrogen) atoms. The van der Waals surface area contributed by atoms with Gasteiger partial charge in [-0.1, -0.05) is 65.3 Å². The number of sulfone groups is 1. The number of amides is 1. The van der Waals surface area contributed by atoms with E-state index in [9.17, 15) is 13.2 Å². The molecule has 1 aliphatic heterocycles. The van der Waals surface area contributed by atoms with Crippen molar-refractivity contribution in [1.82, 2.24) is 15.0 Å². The first-order chi connectivity index (χ1) is 16.9. The van der Waals surface area contributed by atoms with Gasteiger partial charge in [0.25, 0.3) is 5.91 Å². The maximum absolute atomic E-state index is 13.3. The summed E-state index contributed by atoms with van der Waals surface area (Å²) in [5, 5.41) is 4.12. The van der Waals surface area contributed by atoms with Crippen molar-refractivity contribution in [1.29, 1.82) is 0 Å². The van der Waals surface area contributed by atoms with E-state index in [-0.39, 0.29) is 22.6 Å². The number of likely N-dealkylation sites (tertiary alicyclic amines) is 1. The number of hydrogen-bond acceptors (Lipinski definition) is 6. The third-order valence-electron chi connectivity index (χ3n) is 6.21. The van der Waals surface area contributed by atoms with Gasteiger partial charge in [0, 0.05) is 17.7 Å². The molecule has 5 rings (SSSR count). The first kappa shape index (κ1) is 23.0. The van der Waals surface area contributed by atoms with Crippen molar-refractivity contribution < 1.29 is 17.7 Å². The molecule has 1 amide bonds. The molecule has 4 aromatic rings. The van der Waals surface area contributed by atoms with Gasteiger partial charge in [-0.25, -0.2) is 8.42 Å². The summed E-state index contributed by atoms with van der Waals surface area (Å²) in [6.07, 6.45) is 1.58. The maximum Gasteiger partial charge on any atom is 0.254 e. The monoisotopic (exact) mass is 487 g/mol. The maximum atomic E-state index is 13.3. The number of carbonyl (C=O) groups is 1. The third-order valence-corrected chi connectivity index (χ3v) is 7.91. The van der Waals surface area contributed by atoms with E-state index in [0.29, 0.717) is 29.4 Å². The minimum absolute atomic E-state index is 0.123. The van der Waals surface area contributed by atoms with Crippen LogP contribution in [0.4, 0.5) is 0 Å². The quantitative estimate of drug-likeness (QED) is 0.380. The summed E-state index contributed by atoms with van der Waals surface area (Å²) >= 11 is 0. The first-order valence-electron chi connectivity index (χ1n) is 11.5. The lowest BCUT2D eigenvalue weighted by atomic mass is 10.1. The Balaban J connectivity index is 1.30. The van der Waals surface area contributed by atoms with Crippen molar-refractivity contribution in [2.24, 2.45) is 0 Å². The molecule has 0 spiro atoms. The second-order valence-electron chi connectivity index (χ2n) is 8.75. The molecule has 8 heteroatoms. The van der Waals surface area contributed by atoms with Crippen molar-refractivity contribution in [3.05, 3.63) is 101 Å². The zero-order valence-electron chi connectivity index (χ0n) is 19.3. The second-order valence-corrected chi connectivity index (χ2v) is 10.7. The first-order valence-corrected chi connectivity index (χ1v) is 13.1. The van der Waals surface area contributed by atoms with Crippen LogP contribution in [0.15, 0.2) is 88.3 Å². The molecule has 1 atom stereocenters. The summed E-state index contributed by atoms with van der Waals surface area (Å²) in [6.45, 7) is 2.61. The highest BCUT2D eigenvalue weighted by atomic mass is 32.2. The molecule has 3 aromatic carbocycles. The Morgan fingerprint density at radius 3 is 2.43 bits per heavy atom. The minimum atomic E-state index is -3.45. The van der Waals surface area contributed by atoms with E-state index in [2.05, 4.69) is 10.1 Å². The van der Waals surface area contributed by atoms with Gasteiger partial charge < -0.3 is 9.42 Å². The lowest BCUT2D eigenvalue weighted by Crippen LogP contribution is -2.30. The van der Waals surface area contributed by atoms with Crippen molar-refractivity contribution in [2.75, 3.05) is 6.54 Å². The van der Waals surface area contributed by atoms with Crippen LogP contribution in [0.5, 0.6) is 0 Å². The van der Waals surface area contributed by atoms with Crippen molar-refractivity contribution in [2.45, 2.75) is 36.5 Å². The van der Waals surface area contributed by atoms with Crippen LogP contribution in [0.25, 0.3) is 11.4 Å². The van der Waals surface area contributed by atoms with Gasteiger partial charge in [-0.15, -0.1) is 0 Å². The Morgan fingerprint density at radius 2 is 1.71 bits per heavy atom. The van der Waals surface area contributed by atoms with Gasteiger partial charge >= 0.3 is 0 Å². The highest BCUT2D eigenvalue weighted by molar-refractivity contribution is 7.90. The molecular weight excluding hydrogens is 462 g/mol. The normalized spacial score (nSPS) is 15.9. The summed E-state index contributed by atoms with van der Waals surface area (Å²) in [6, 6.07) is 22.7. The molecule has 0 saturated carbocycles. The van der Waals surface area contributed by atoms with Crippen molar-refractivity contribution >= 4 is 15.7 Å². The lowest BCUT2D eigenvalue weighted by molar-refractivity contribution is 0.0710. The molecule has 1 aliphatic rings. The van der Waals surface area contributed by atoms with Gasteiger partial charge in [0.2, 0.25) is 11.7 Å². The molecule has 1 fully saturated rings. The van der Waals surface area contributed by atoms with Gasteiger partial charge in [0.1, 0.15) is 6.04 Å². The molecule has 0 bridgehead atoms. The Kier molecular flexibility index (Phi) is 6.21. The highest BCUT2D eigenvalue weighted by Gasteiger charge is 2.34. The van der Waals surface area contributed by atoms with E-state index in [1.165, 1.54) is 0 Å². The zero-order valence-corrected chi connectivity index (χ0v) is 20.1. The Morgan fingerprint density at radius 1 is 1.00 bits per heavy atom. The second kappa shape index (κ2) is 9.46. The summed E-state index contributed by atoms with van der Waals surface area (Å²) < 4.78 is 30.8. The van der Waals surface area contributed by atoms with Crippen LogP contribution in [0, 0.1) is 6.92 Å². The van der Waals surface area contributed by atoms with Crippen molar-refractivity contribution in [3.8, 4) is 11.4 Å². The van der Waals surface area contributed by atoms with E-state index in [1.807, 2.05) is 31.2 Å². The summed E-state index contributed by atoms with van der Waals surface area (Å²) in [5.41, 5.74) is 3.13. The highest BCUT2D eigenvalue weighted by Crippen LogP contribution is 2.33. The van der Waals surface area contributed by atoms with Gasteiger partial charge in [-0.3, -0.25) is 4.79 Å². The van der Waals surface area contributed by atoms with Crippen LogP contribution >= 0.6 is 0 Å². The van der Waals surface area contributed by atoms with E-state index < -0.39 is 9.84 Å². The Hall–Kier alpha value is -3.78. The fourth-order valence-electron chi connectivity index (χ4n) is 4.30. The smallest absolute Gasteiger partial charge is 0.254 e. The molecule has 178 valence electrons. The van der Waals surface area contributed by atoms with Crippen LogP contribution in [0.3, 0.4) is 0 Å². The number of nitrogens with zero attached hydrogens (tertiary/aromatic N) is 3. The zero-order chi connectivity index (χ0) is 24.4. The summed E-state index contributed by atoms with van der Waals surface area (Å²) in [5.74, 6) is 0.669. The molecule has 1 saturated heterocycles. The molecule has 0 unspecified atom stereocenters. The van der Waals surface area contributed by atoms with Crippen LogP contribution in [0.2, 0.25) is 0 Å². The standard InChI is InChI=1S/C27H25N3O4S/c1-19-9-13-21(14-10-19)25-28-26(34-29-25)24-8-5-17-30(24)27(31)22-15-11-20(12-16-22)18-35(32,33)23-6-3-2-4-7-23/h2-4,6-7,9-16,24H,5,8,17-18H2,1H3/t24-/m0/s1. The number of aryl methyl sites for hydroxylation is 1. The fourth-order valence-corrected chi connectivity index (χ4v) is 5.67. The molecule has 2 heterocycles. The van der Waals surface area contributed by atoms with Crippen LogP contribution in [-0.2, 0) is 15.6 Å². The molecule has 7 nitrogen and oxygen atoms in total. The molecular formula is C27H25N3O4S. The number of rotatable bonds is 6. The lowest BCUT2D eigenvalue weighted by Gasteiger charge is -2.22. The topological polar surface area (TPSA) is 93.4 Å². The van der Waals surface area contributed by atoms with Crippen LogP contribution < -0.4 is 0 Å². The average molecular weight is 488 g/mol. The Labute approximate surface area is 204 Å². The molecule has 0 N–H and O–H groups in total. The van der Waals surface area contributed by atoms with E-state index in [0.717, 1.165) is 24.0 Å². The molecule has 1 aromatic heterocycles. The molecule has 0 aliphatic carbocycles. The minimum Gasteiger partial charge on any atom is -0.337 e. The SMILES string of the molecule is Cc1ccc(-c2noc([C@@H]3CCCN3C(=O)c3ccc(CS(=O)(=O)c4ccccc4)cc3)n2)cc1. The fraction of sp³-hybridized carbons (Fsp3) is 0.222. The average Bonchev–Trinajstić information content (AvgIpc) is 3.55. The third kappa shape index (κ3) is 4.88. The van der Waals surface area contributed by atoms with Crippen LogP contribution in [0.1, 0.15) is 46.3 Å². The number of carbonyl (C=O) groups excluding carboxylic acids is 1. The predicted octanol–water partition coefficient (Wildman–Crippen LogP) is 5.00. The Bertz CT molecular complexity index is 1430. The largest absolute Gasteiger partial charge is 0.337 e. The molecule has 0 radical (unpaired) electrons. The summed E-state index contributed by atoms with van der Waals surface area (Å²) in [7, 11) is -3.45. The van der Waals surface area contributed by atoms with E-state index >= 15 is 0 Å². The van der Waals surface area contributed by atoms with Gasteiger partial charge in [0.05, 0.1) is 10.6 Å². The van der Waals surface area contributed by atoms with E-state index in [4.69, 9.17) is 4.52 Å². The van der Waals surface area contributed by atoms with Crippen LogP contribution in [-0.4, -0.2) is 35.9 Å². The van der Waals surface area contributed by atoms with Crippen molar-refractivity contribution in [3.63, 3.8) is 0 Å². The number of benzene rings is 3. The number of aromatic nitrogens is 2. The predicted molar refractivity (Wildman–Crippen MR) is 131 cm³/mol. The van der Waals surface area contributed by atoms with Gasteiger partial charge in [-0.2, -0.15) is 4.98 Å². The van der Waals surface area contributed by atoms with E-state index in [1.54, 1.807) is 59.5 Å². The van der Waals surface area contributed by atoms with Gasteiger partial charge in [-0.05, 0) is 49.6 Å². The number of hydrogen-bond donors (Lipinski definition) is 0. The summed E-state index contributed by atoms with van der Waals surface area (Å²) in [4.78, 5) is 19.9. The van der Waals surface area contributed by atoms with Gasteiger partial charge in [0.15, 0.2) is 9.84 Å².